The van der Waals surface area contributed by atoms with Gasteiger partial charge in [-0.1, -0.05) is 0 Å². The monoisotopic (exact) mass is 175 g/mol. The predicted molar refractivity (Wildman–Crippen MR) is 43.1 cm³/mol. The fraction of sp³-hybridized carbons (Fsp3) is 1.00. The maximum absolute atomic E-state index is 8.67. The van der Waals surface area contributed by atoms with Crippen molar-refractivity contribution in [3.63, 3.8) is 0 Å². The first-order valence-electron chi connectivity index (χ1n) is 1.87. The molecule has 0 unspecified atom stereocenters. The van der Waals surface area contributed by atoms with Crippen LogP contribution in [-0.4, -0.2) is 39.4 Å². The highest BCUT2D eigenvalue weighted by molar-refractivity contribution is 7.73. The maximum Gasteiger partial charge on any atom is 0.299 e. The van der Waals surface area contributed by atoms with Gasteiger partial charge in [-0.15, -0.1) is 0 Å². The van der Waals surface area contributed by atoms with E-state index in [9.17, 15) is 0 Å². The normalized spacial score (nSPS) is 7.10. The molecule has 0 saturated heterocycles. The van der Waals surface area contributed by atoms with Crippen molar-refractivity contribution in [2.75, 3.05) is 21.1 Å². The maximum atomic E-state index is 8.67. The fourth-order valence-corrected chi connectivity index (χ4v) is 0. The van der Waals surface area contributed by atoms with Crippen LogP contribution in [0, 0.1) is 0 Å². The Kier molecular flexibility index (Phi) is 36.0. The molecule has 0 aromatic rings. The minimum absolute atomic E-state index is 0. The summed E-state index contributed by atoms with van der Waals surface area (Å²) in [6.45, 7) is 0. The highest BCUT2D eigenvalue weighted by Gasteiger charge is 1.62. The van der Waals surface area contributed by atoms with E-state index in [0.717, 1.165) is 0 Å². The van der Waals surface area contributed by atoms with Gasteiger partial charge in [0.2, 0.25) is 0 Å². The van der Waals surface area contributed by atoms with Crippen LogP contribution in [0.15, 0.2) is 0 Å². The van der Waals surface area contributed by atoms with Crippen LogP contribution in [0.4, 0.5) is 0 Å². The molecule has 68 valence electrons. The topological polar surface area (TPSA) is 131 Å². The minimum Gasteiger partial charge on any atom is -0.344 e. The van der Waals surface area contributed by atoms with E-state index < -0.39 is 11.4 Å². The first-order valence-corrected chi connectivity index (χ1v) is 2.94. The summed E-state index contributed by atoms with van der Waals surface area (Å²) in [6.07, 6.45) is 0. The Morgan fingerprint density at radius 1 is 1.10 bits per heavy atom. The molecule has 0 rings (SSSR count). The van der Waals surface area contributed by atoms with Crippen LogP contribution in [0.3, 0.4) is 0 Å². The standard InChI is InChI=1S/C3H9N.2H3N.H2O3S/c1-4(2)3;;;1-4(2)3/h1-3H3;2*1H3;(H2,1,2,3). The van der Waals surface area contributed by atoms with Gasteiger partial charge in [-0.2, -0.15) is 4.21 Å². The lowest BCUT2D eigenvalue weighted by Gasteiger charge is -1.90. The molecule has 0 heterocycles. The molecule has 0 aliphatic carbocycles. The number of hydrogen-bond acceptors (Lipinski definition) is 4. The molecule has 0 atom stereocenters. The zero-order chi connectivity index (χ0) is 7.15. The second-order valence-electron chi connectivity index (χ2n) is 1.57. The molecule has 8 N–H and O–H groups in total. The SMILES string of the molecule is CN(C)C.N.N.O=S(O)O. The highest BCUT2D eigenvalue weighted by Crippen LogP contribution is 1.47. The lowest BCUT2D eigenvalue weighted by atomic mass is 11.0. The largest absolute Gasteiger partial charge is 0.344 e. The first kappa shape index (κ1) is 22.5. The lowest BCUT2D eigenvalue weighted by molar-refractivity contribution is 0.454. The van der Waals surface area contributed by atoms with Crippen molar-refractivity contribution >= 4 is 11.4 Å². The Hall–Kier alpha value is -0.0500. The molecular formula is C3H17N3O3S. The molecule has 0 bridgehead atoms. The van der Waals surface area contributed by atoms with Crippen LogP contribution in [0.25, 0.3) is 0 Å². The van der Waals surface area contributed by atoms with E-state index in [1.807, 2.05) is 26.0 Å². The summed E-state index contributed by atoms with van der Waals surface area (Å²) >= 11 is -2.61. The van der Waals surface area contributed by atoms with Crippen molar-refractivity contribution in [3.05, 3.63) is 0 Å². The summed E-state index contributed by atoms with van der Waals surface area (Å²) in [5.74, 6) is 0. The molecule has 0 aliphatic rings. The van der Waals surface area contributed by atoms with Gasteiger partial charge >= 0.3 is 0 Å². The second kappa shape index (κ2) is 16.0. The van der Waals surface area contributed by atoms with Crippen LogP contribution in [0.5, 0.6) is 0 Å². The molecular weight excluding hydrogens is 158 g/mol. The van der Waals surface area contributed by atoms with Crippen molar-refractivity contribution in [2.24, 2.45) is 0 Å². The molecule has 0 amide bonds. The summed E-state index contributed by atoms with van der Waals surface area (Å²) < 4.78 is 22.8. The highest BCUT2D eigenvalue weighted by atomic mass is 32.2. The smallest absolute Gasteiger partial charge is 0.299 e. The summed E-state index contributed by atoms with van der Waals surface area (Å²) in [6, 6.07) is 0. The number of rotatable bonds is 0. The van der Waals surface area contributed by atoms with Crippen molar-refractivity contribution in [1.82, 2.24) is 17.2 Å². The second-order valence-corrected chi connectivity index (χ2v) is 2.03. The molecule has 0 saturated carbocycles. The average Bonchev–Trinajstić information content (AvgIpc) is 1.25. The molecule has 7 heteroatoms. The summed E-state index contributed by atoms with van der Waals surface area (Å²) in [4.78, 5) is 2.00. The Bertz CT molecular complexity index is 63.3. The van der Waals surface area contributed by atoms with Gasteiger partial charge in [0.25, 0.3) is 11.4 Å². The van der Waals surface area contributed by atoms with Crippen LogP contribution in [-0.2, 0) is 11.4 Å². The van der Waals surface area contributed by atoms with Gasteiger partial charge in [-0.3, -0.25) is 9.11 Å². The minimum atomic E-state index is -2.61. The third-order valence-corrected chi connectivity index (χ3v) is 0. The van der Waals surface area contributed by atoms with Gasteiger partial charge < -0.3 is 17.2 Å². The van der Waals surface area contributed by atoms with Crippen molar-refractivity contribution in [1.29, 1.82) is 0 Å². The average molecular weight is 175 g/mol. The Morgan fingerprint density at radius 3 is 1.10 bits per heavy atom. The third kappa shape index (κ3) is 154000. The van der Waals surface area contributed by atoms with E-state index >= 15 is 0 Å². The van der Waals surface area contributed by atoms with Crippen LogP contribution >= 0.6 is 0 Å². The van der Waals surface area contributed by atoms with E-state index in [1.165, 1.54) is 0 Å². The molecule has 0 aromatic carbocycles. The van der Waals surface area contributed by atoms with Gasteiger partial charge in [0.1, 0.15) is 0 Å². The zero-order valence-electron chi connectivity index (χ0n) is 6.57. The molecule has 10 heavy (non-hydrogen) atoms. The van der Waals surface area contributed by atoms with Gasteiger partial charge in [0.05, 0.1) is 0 Å². The Labute approximate surface area is 63.9 Å². The van der Waals surface area contributed by atoms with E-state index in [1.54, 1.807) is 0 Å². The van der Waals surface area contributed by atoms with Gasteiger partial charge in [0, 0.05) is 0 Å². The van der Waals surface area contributed by atoms with E-state index in [2.05, 4.69) is 0 Å². The molecule has 0 radical (unpaired) electrons. The zero-order valence-corrected chi connectivity index (χ0v) is 7.39. The van der Waals surface area contributed by atoms with Crippen LogP contribution < -0.4 is 12.3 Å². The molecule has 0 fully saturated rings. The summed E-state index contributed by atoms with van der Waals surface area (Å²) in [5.41, 5.74) is 0. The lowest BCUT2D eigenvalue weighted by Crippen LogP contribution is -1.99. The van der Waals surface area contributed by atoms with Gasteiger partial charge in [-0.25, -0.2) is 0 Å². The fourth-order valence-electron chi connectivity index (χ4n) is 0. The number of hydrogen-bond donors (Lipinski definition) is 4. The third-order valence-electron chi connectivity index (χ3n) is 0. The molecule has 0 spiro atoms. The molecule has 6 nitrogen and oxygen atoms in total. The summed E-state index contributed by atoms with van der Waals surface area (Å²) in [7, 11) is 6.00. The molecule has 0 aliphatic heterocycles. The number of nitrogens with zero attached hydrogens (tertiary/aromatic N) is 1. The Balaban J connectivity index is -0.0000000300. The van der Waals surface area contributed by atoms with Gasteiger partial charge in [-0.05, 0) is 21.1 Å². The van der Waals surface area contributed by atoms with E-state index in [0.29, 0.717) is 0 Å². The van der Waals surface area contributed by atoms with E-state index in [4.69, 9.17) is 13.3 Å². The van der Waals surface area contributed by atoms with Crippen LogP contribution in [0.1, 0.15) is 0 Å². The van der Waals surface area contributed by atoms with Crippen molar-refractivity contribution in [2.45, 2.75) is 0 Å². The van der Waals surface area contributed by atoms with Gasteiger partial charge in [0.15, 0.2) is 0 Å². The quantitative estimate of drug-likeness (QED) is 0.388. The van der Waals surface area contributed by atoms with Crippen molar-refractivity contribution in [3.8, 4) is 0 Å². The van der Waals surface area contributed by atoms with Crippen molar-refractivity contribution < 1.29 is 13.3 Å². The predicted octanol–water partition coefficient (Wildman–Crippen LogP) is 0.183. The Morgan fingerprint density at radius 2 is 1.10 bits per heavy atom. The summed E-state index contributed by atoms with van der Waals surface area (Å²) in [5, 5.41) is 0. The van der Waals surface area contributed by atoms with Crippen LogP contribution in [0.2, 0.25) is 0 Å². The van der Waals surface area contributed by atoms with E-state index in [-0.39, 0.29) is 12.3 Å². The molecule has 0 aromatic heterocycles. The first-order chi connectivity index (χ1) is 3.46.